The van der Waals surface area contributed by atoms with Gasteiger partial charge in [-0.05, 0) is 36.5 Å². The lowest BCUT2D eigenvalue weighted by molar-refractivity contribution is 0.115. The van der Waals surface area contributed by atoms with Crippen molar-refractivity contribution in [1.29, 1.82) is 0 Å². The summed E-state index contributed by atoms with van der Waals surface area (Å²) < 4.78 is 0. The maximum atomic E-state index is 2.49. The molecule has 0 N–H and O–H groups in total. The summed E-state index contributed by atoms with van der Waals surface area (Å²) >= 11 is 0. The molecule has 0 aliphatic heterocycles. The maximum Gasteiger partial charge on any atom is -0.0383 e. The Labute approximate surface area is 84.1 Å². The van der Waals surface area contributed by atoms with E-state index >= 15 is 0 Å². The highest BCUT2D eigenvalue weighted by Gasteiger charge is 2.31. The molecule has 0 saturated heterocycles. The molecule has 78 valence electrons. The Hall–Kier alpha value is 0. The van der Waals surface area contributed by atoms with E-state index in [4.69, 9.17) is 0 Å². The fourth-order valence-electron chi connectivity index (χ4n) is 3.23. The quantitative estimate of drug-likeness (QED) is 0.603. The summed E-state index contributed by atoms with van der Waals surface area (Å²) in [5, 5.41) is 0. The molecule has 0 nitrogen and oxygen atoms in total. The average Bonchev–Trinajstić information content (AvgIpc) is 2.11. The standard InChI is InChI=1S/C13H26/c1-5-7-13-9-10(3)8-12(6-2)11(13)4/h10-13H,5-9H2,1-4H3. The van der Waals surface area contributed by atoms with Crippen LogP contribution in [-0.4, -0.2) is 0 Å². The Morgan fingerprint density at radius 1 is 1.00 bits per heavy atom. The molecule has 0 heteroatoms. The normalized spacial score (nSPS) is 40.6. The second kappa shape index (κ2) is 5.02. The van der Waals surface area contributed by atoms with Crippen LogP contribution in [0.15, 0.2) is 0 Å². The Morgan fingerprint density at radius 3 is 2.15 bits per heavy atom. The third-order valence-electron chi connectivity index (χ3n) is 4.08. The molecule has 0 spiro atoms. The van der Waals surface area contributed by atoms with E-state index in [2.05, 4.69) is 27.7 Å². The van der Waals surface area contributed by atoms with Crippen molar-refractivity contribution in [2.45, 2.75) is 59.8 Å². The summed E-state index contributed by atoms with van der Waals surface area (Å²) in [4.78, 5) is 0. The van der Waals surface area contributed by atoms with Gasteiger partial charge in [-0.15, -0.1) is 0 Å². The molecule has 0 aromatic rings. The van der Waals surface area contributed by atoms with Gasteiger partial charge in [0.25, 0.3) is 0 Å². The van der Waals surface area contributed by atoms with E-state index in [9.17, 15) is 0 Å². The Kier molecular flexibility index (Phi) is 4.28. The van der Waals surface area contributed by atoms with Gasteiger partial charge in [0.2, 0.25) is 0 Å². The maximum absolute atomic E-state index is 2.49. The highest BCUT2D eigenvalue weighted by atomic mass is 14.4. The van der Waals surface area contributed by atoms with Crippen LogP contribution in [-0.2, 0) is 0 Å². The van der Waals surface area contributed by atoms with Gasteiger partial charge in [-0.25, -0.2) is 0 Å². The predicted molar refractivity (Wildman–Crippen MR) is 59.7 cm³/mol. The zero-order valence-corrected chi connectivity index (χ0v) is 9.84. The van der Waals surface area contributed by atoms with Gasteiger partial charge in [0.15, 0.2) is 0 Å². The predicted octanol–water partition coefficient (Wildman–Crippen LogP) is 4.49. The van der Waals surface area contributed by atoms with Crippen LogP contribution in [0.1, 0.15) is 59.8 Å². The molecule has 0 heterocycles. The van der Waals surface area contributed by atoms with Gasteiger partial charge in [0.05, 0.1) is 0 Å². The highest BCUT2D eigenvalue weighted by Crippen LogP contribution is 2.41. The van der Waals surface area contributed by atoms with Crippen LogP contribution < -0.4 is 0 Å². The first kappa shape index (κ1) is 11.1. The number of hydrogen-bond acceptors (Lipinski definition) is 0. The van der Waals surface area contributed by atoms with Gasteiger partial charge in [-0.3, -0.25) is 0 Å². The minimum atomic E-state index is 0.984. The number of hydrogen-bond donors (Lipinski definition) is 0. The van der Waals surface area contributed by atoms with Crippen LogP contribution in [0.4, 0.5) is 0 Å². The summed E-state index contributed by atoms with van der Waals surface area (Å²) in [6, 6.07) is 0. The fraction of sp³-hybridized carbons (Fsp3) is 1.00. The van der Waals surface area contributed by atoms with Crippen LogP contribution in [0, 0.1) is 23.7 Å². The summed E-state index contributed by atoms with van der Waals surface area (Å²) in [6.45, 7) is 9.62. The first-order valence-corrected chi connectivity index (χ1v) is 6.19. The van der Waals surface area contributed by atoms with E-state index in [1.54, 1.807) is 0 Å². The molecule has 1 fully saturated rings. The van der Waals surface area contributed by atoms with Crippen LogP contribution in [0.3, 0.4) is 0 Å². The van der Waals surface area contributed by atoms with E-state index in [1.165, 1.54) is 32.1 Å². The molecule has 1 rings (SSSR count). The highest BCUT2D eigenvalue weighted by molar-refractivity contribution is 4.81. The van der Waals surface area contributed by atoms with Crippen molar-refractivity contribution in [3.63, 3.8) is 0 Å². The molecule has 1 aliphatic carbocycles. The van der Waals surface area contributed by atoms with Crippen LogP contribution in [0.25, 0.3) is 0 Å². The van der Waals surface area contributed by atoms with Crippen LogP contribution >= 0.6 is 0 Å². The molecule has 0 amide bonds. The van der Waals surface area contributed by atoms with Crippen molar-refractivity contribution < 1.29 is 0 Å². The van der Waals surface area contributed by atoms with Crippen LogP contribution in [0.2, 0.25) is 0 Å². The Morgan fingerprint density at radius 2 is 1.62 bits per heavy atom. The zero-order chi connectivity index (χ0) is 9.84. The molecular formula is C13H26. The van der Waals surface area contributed by atoms with E-state index in [-0.39, 0.29) is 0 Å². The smallest absolute Gasteiger partial charge is 0.0383 e. The lowest BCUT2D eigenvalue weighted by atomic mass is 9.67. The van der Waals surface area contributed by atoms with Gasteiger partial charge in [0.1, 0.15) is 0 Å². The molecule has 13 heavy (non-hydrogen) atoms. The van der Waals surface area contributed by atoms with Gasteiger partial charge in [-0.1, -0.05) is 47.0 Å². The average molecular weight is 182 g/mol. The lowest BCUT2D eigenvalue weighted by Gasteiger charge is -2.39. The molecule has 1 aliphatic rings. The Bertz CT molecular complexity index is 139. The molecule has 0 radical (unpaired) electrons. The third-order valence-corrected chi connectivity index (χ3v) is 4.08. The largest absolute Gasteiger partial charge is 0.0654 e. The lowest BCUT2D eigenvalue weighted by Crippen LogP contribution is -2.29. The Balaban J connectivity index is 2.52. The van der Waals surface area contributed by atoms with E-state index in [0.29, 0.717) is 0 Å². The van der Waals surface area contributed by atoms with Crippen LogP contribution in [0.5, 0.6) is 0 Å². The number of rotatable bonds is 3. The van der Waals surface area contributed by atoms with Crippen molar-refractivity contribution in [3.05, 3.63) is 0 Å². The molecule has 4 atom stereocenters. The molecular weight excluding hydrogens is 156 g/mol. The second-order valence-corrected chi connectivity index (χ2v) is 5.15. The first-order valence-electron chi connectivity index (χ1n) is 6.19. The van der Waals surface area contributed by atoms with E-state index < -0.39 is 0 Å². The second-order valence-electron chi connectivity index (χ2n) is 5.15. The fourth-order valence-corrected chi connectivity index (χ4v) is 3.23. The molecule has 0 bridgehead atoms. The van der Waals surface area contributed by atoms with Gasteiger partial charge in [-0.2, -0.15) is 0 Å². The third kappa shape index (κ3) is 2.72. The molecule has 1 saturated carbocycles. The van der Waals surface area contributed by atoms with Gasteiger partial charge >= 0.3 is 0 Å². The van der Waals surface area contributed by atoms with Crippen molar-refractivity contribution >= 4 is 0 Å². The van der Waals surface area contributed by atoms with Crippen molar-refractivity contribution in [1.82, 2.24) is 0 Å². The van der Waals surface area contributed by atoms with E-state index in [1.807, 2.05) is 0 Å². The molecule has 0 aromatic carbocycles. The van der Waals surface area contributed by atoms with Crippen molar-refractivity contribution in [2.24, 2.45) is 23.7 Å². The van der Waals surface area contributed by atoms with Crippen molar-refractivity contribution in [2.75, 3.05) is 0 Å². The minimum absolute atomic E-state index is 0.984. The van der Waals surface area contributed by atoms with Gasteiger partial charge < -0.3 is 0 Å². The summed E-state index contributed by atoms with van der Waals surface area (Å²) in [6.07, 6.45) is 7.20. The minimum Gasteiger partial charge on any atom is -0.0654 e. The SMILES string of the molecule is CCCC1CC(C)CC(CC)C1C. The monoisotopic (exact) mass is 182 g/mol. The summed E-state index contributed by atoms with van der Waals surface area (Å²) in [5.74, 6) is 4.01. The molecule has 4 unspecified atom stereocenters. The van der Waals surface area contributed by atoms with Gasteiger partial charge in [0, 0.05) is 0 Å². The topological polar surface area (TPSA) is 0 Å². The van der Waals surface area contributed by atoms with E-state index in [0.717, 1.165) is 23.7 Å². The molecule has 0 aromatic heterocycles. The summed E-state index contributed by atoms with van der Waals surface area (Å²) in [5.41, 5.74) is 0. The first-order chi connectivity index (χ1) is 6.19. The zero-order valence-electron chi connectivity index (χ0n) is 9.84. The van der Waals surface area contributed by atoms with Crippen molar-refractivity contribution in [3.8, 4) is 0 Å². The summed E-state index contributed by atoms with van der Waals surface area (Å²) in [7, 11) is 0.